The van der Waals surface area contributed by atoms with E-state index in [1.165, 1.54) is 20.0 Å². The number of imidazole rings is 1. The van der Waals surface area contributed by atoms with Gasteiger partial charge in [-0.3, -0.25) is 9.36 Å². The fraction of sp³-hybridized carbons (Fsp3) is 0.250. The van der Waals surface area contributed by atoms with Crippen LogP contribution in [0.15, 0.2) is 70.5 Å². The third-order valence-electron chi connectivity index (χ3n) is 5.38. The zero-order chi connectivity index (χ0) is 22.8. The number of benzene rings is 2. The van der Waals surface area contributed by atoms with Gasteiger partial charge in [-0.15, -0.1) is 0 Å². The zero-order valence-corrected chi connectivity index (χ0v) is 18.2. The molecule has 2 heterocycles. The van der Waals surface area contributed by atoms with Gasteiger partial charge < -0.3 is 9.30 Å². The summed E-state index contributed by atoms with van der Waals surface area (Å²) in [5.41, 5.74) is 1.80. The lowest BCUT2D eigenvalue weighted by Crippen LogP contribution is -2.40. The Bertz CT molecular complexity index is 1380. The van der Waals surface area contributed by atoms with Gasteiger partial charge >= 0.3 is 11.7 Å². The fourth-order valence-electron chi connectivity index (χ4n) is 3.65. The van der Waals surface area contributed by atoms with Crippen molar-refractivity contribution in [2.45, 2.75) is 33.4 Å². The number of ether oxygens (including phenoxy) is 1. The molecule has 1 atom stereocenters. The molecule has 0 spiro atoms. The smallest absolute Gasteiger partial charge is 0.337 e. The highest BCUT2D eigenvalue weighted by Gasteiger charge is 2.24. The first-order chi connectivity index (χ1) is 15.4. The van der Waals surface area contributed by atoms with Crippen LogP contribution in [0.25, 0.3) is 16.9 Å². The highest BCUT2D eigenvalue weighted by Crippen LogP contribution is 2.18. The van der Waals surface area contributed by atoms with E-state index in [1.54, 1.807) is 26.0 Å². The first-order valence-electron chi connectivity index (χ1n) is 10.4. The van der Waals surface area contributed by atoms with Crippen LogP contribution in [0.1, 0.15) is 31.0 Å². The minimum absolute atomic E-state index is 0.0965. The van der Waals surface area contributed by atoms with Crippen LogP contribution < -0.4 is 11.2 Å². The molecule has 32 heavy (non-hydrogen) atoms. The van der Waals surface area contributed by atoms with Crippen molar-refractivity contribution in [2.75, 3.05) is 6.61 Å². The number of hydrogen-bond donors (Lipinski definition) is 0. The lowest BCUT2D eigenvalue weighted by Gasteiger charge is -2.15. The Balaban J connectivity index is 2.01. The Labute approximate surface area is 184 Å². The third-order valence-corrected chi connectivity index (χ3v) is 5.38. The molecule has 0 bridgehead atoms. The number of carbonyl (C=O) groups excluding carboxylic acids is 1. The minimum atomic E-state index is -0.776. The topological polar surface area (TPSA) is 88.1 Å². The quantitative estimate of drug-likeness (QED) is 0.437. The number of fused-ring (bicyclic) bond motifs is 1. The molecule has 0 aliphatic rings. The second-order valence-electron chi connectivity index (χ2n) is 7.58. The molecule has 1 unspecified atom stereocenters. The number of nitrogens with zero attached hydrogens (tertiary/aromatic N) is 4. The van der Waals surface area contributed by atoms with Crippen LogP contribution >= 0.6 is 0 Å². The van der Waals surface area contributed by atoms with Gasteiger partial charge in [-0.2, -0.15) is 0 Å². The molecule has 4 rings (SSSR count). The third kappa shape index (κ3) is 3.75. The van der Waals surface area contributed by atoms with Crippen molar-refractivity contribution in [3.63, 3.8) is 0 Å². The highest BCUT2D eigenvalue weighted by molar-refractivity contribution is 5.79. The van der Waals surface area contributed by atoms with Gasteiger partial charge in [0.15, 0.2) is 11.2 Å². The molecule has 0 fully saturated rings. The molecule has 0 N–H and O–H groups in total. The van der Waals surface area contributed by atoms with E-state index in [1.807, 2.05) is 49.4 Å². The van der Waals surface area contributed by atoms with E-state index in [2.05, 4.69) is 4.98 Å². The standard InChI is InChI=1S/C24H24N4O4/c1-4-32-23(30)17(3)27-15-25-21-20(27)22(29)26(14-18-8-6-5-7-9-18)24(31)28(21)19-12-10-16(2)11-13-19/h5-13,15,17H,4,14H2,1-3H3. The molecule has 0 amide bonds. The van der Waals surface area contributed by atoms with Gasteiger partial charge in [0.25, 0.3) is 5.56 Å². The molecular weight excluding hydrogens is 408 g/mol. The van der Waals surface area contributed by atoms with E-state index in [0.717, 1.165) is 11.1 Å². The normalized spacial score (nSPS) is 12.1. The van der Waals surface area contributed by atoms with Crippen LogP contribution in [-0.2, 0) is 16.1 Å². The minimum Gasteiger partial charge on any atom is -0.464 e. The van der Waals surface area contributed by atoms with Crippen molar-refractivity contribution in [1.82, 2.24) is 18.7 Å². The van der Waals surface area contributed by atoms with E-state index in [0.29, 0.717) is 5.69 Å². The molecule has 2 aromatic carbocycles. The molecule has 8 heteroatoms. The SMILES string of the molecule is CCOC(=O)C(C)n1cnc2c1c(=O)n(Cc1ccccc1)c(=O)n2-c1ccc(C)cc1. The summed E-state index contributed by atoms with van der Waals surface area (Å²) in [6.45, 7) is 5.63. The Morgan fingerprint density at radius 1 is 1.06 bits per heavy atom. The number of aromatic nitrogens is 4. The number of hydrogen-bond acceptors (Lipinski definition) is 5. The molecule has 0 radical (unpaired) electrons. The van der Waals surface area contributed by atoms with Crippen LogP contribution in [0.4, 0.5) is 0 Å². The highest BCUT2D eigenvalue weighted by atomic mass is 16.5. The average Bonchev–Trinajstić information content (AvgIpc) is 3.23. The van der Waals surface area contributed by atoms with Crippen molar-refractivity contribution in [1.29, 1.82) is 0 Å². The summed E-state index contributed by atoms with van der Waals surface area (Å²) < 4.78 is 9.19. The van der Waals surface area contributed by atoms with E-state index in [4.69, 9.17) is 4.74 Å². The maximum atomic E-state index is 13.5. The summed E-state index contributed by atoms with van der Waals surface area (Å²) in [6.07, 6.45) is 1.41. The number of rotatable bonds is 6. The van der Waals surface area contributed by atoms with Crippen LogP contribution in [0.3, 0.4) is 0 Å². The van der Waals surface area contributed by atoms with Crippen molar-refractivity contribution in [3.8, 4) is 5.69 Å². The van der Waals surface area contributed by atoms with Gasteiger partial charge in [0.1, 0.15) is 6.04 Å². The Kier molecular flexibility index (Phi) is 5.77. The van der Waals surface area contributed by atoms with Gasteiger partial charge in [0.05, 0.1) is 25.2 Å². The number of esters is 1. The Morgan fingerprint density at radius 3 is 2.41 bits per heavy atom. The van der Waals surface area contributed by atoms with Gasteiger partial charge in [-0.1, -0.05) is 48.0 Å². The van der Waals surface area contributed by atoms with Crippen molar-refractivity contribution < 1.29 is 9.53 Å². The lowest BCUT2D eigenvalue weighted by molar-refractivity contribution is -0.146. The Hall–Kier alpha value is -3.94. The van der Waals surface area contributed by atoms with Crippen molar-refractivity contribution in [3.05, 3.63) is 92.9 Å². The van der Waals surface area contributed by atoms with Gasteiger partial charge in [-0.25, -0.2) is 19.1 Å². The van der Waals surface area contributed by atoms with Crippen LogP contribution in [0.5, 0.6) is 0 Å². The Morgan fingerprint density at radius 2 is 1.75 bits per heavy atom. The van der Waals surface area contributed by atoms with Crippen molar-refractivity contribution in [2.24, 2.45) is 0 Å². The maximum Gasteiger partial charge on any atom is 0.337 e. The molecule has 4 aromatic rings. The molecule has 0 saturated heterocycles. The molecule has 164 valence electrons. The molecule has 0 aliphatic carbocycles. The summed E-state index contributed by atoms with van der Waals surface area (Å²) in [5, 5.41) is 0. The largest absolute Gasteiger partial charge is 0.464 e. The summed E-state index contributed by atoms with van der Waals surface area (Å²) in [4.78, 5) is 43.7. The summed E-state index contributed by atoms with van der Waals surface area (Å²) in [5.74, 6) is -0.478. The second kappa shape index (κ2) is 8.66. The predicted octanol–water partition coefficient (Wildman–Crippen LogP) is 2.83. The molecular formula is C24H24N4O4. The van der Waals surface area contributed by atoms with Crippen LogP contribution in [0.2, 0.25) is 0 Å². The average molecular weight is 432 g/mol. The molecule has 0 aliphatic heterocycles. The summed E-state index contributed by atoms with van der Waals surface area (Å²) >= 11 is 0. The summed E-state index contributed by atoms with van der Waals surface area (Å²) in [6, 6.07) is 15.9. The predicted molar refractivity (Wildman–Crippen MR) is 121 cm³/mol. The fourth-order valence-corrected chi connectivity index (χ4v) is 3.65. The lowest BCUT2D eigenvalue weighted by atomic mass is 10.2. The van der Waals surface area contributed by atoms with Gasteiger partial charge in [0.2, 0.25) is 0 Å². The number of carbonyl (C=O) groups is 1. The molecule has 2 aromatic heterocycles. The first-order valence-corrected chi connectivity index (χ1v) is 10.4. The monoisotopic (exact) mass is 432 g/mol. The van der Waals surface area contributed by atoms with Crippen LogP contribution in [0, 0.1) is 6.92 Å². The van der Waals surface area contributed by atoms with Crippen LogP contribution in [-0.4, -0.2) is 31.3 Å². The number of aryl methyl sites for hydroxylation is 1. The maximum absolute atomic E-state index is 13.5. The molecule has 8 nitrogen and oxygen atoms in total. The van der Waals surface area contributed by atoms with E-state index >= 15 is 0 Å². The second-order valence-corrected chi connectivity index (χ2v) is 7.58. The van der Waals surface area contributed by atoms with Gasteiger partial charge in [-0.05, 0) is 38.5 Å². The van der Waals surface area contributed by atoms with E-state index < -0.39 is 23.3 Å². The summed E-state index contributed by atoms with van der Waals surface area (Å²) in [7, 11) is 0. The van der Waals surface area contributed by atoms with Gasteiger partial charge in [0, 0.05) is 0 Å². The van der Waals surface area contributed by atoms with E-state index in [-0.39, 0.29) is 24.3 Å². The molecule has 0 saturated carbocycles. The van der Waals surface area contributed by atoms with E-state index in [9.17, 15) is 14.4 Å². The van der Waals surface area contributed by atoms with Crippen molar-refractivity contribution >= 4 is 17.1 Å². The zero-order valence-electron chi connectivity index (χ0n) is 18.2. The first kappa shape index (κ1) is 21.3.